The minimum Gasteiger partial charge on any atom is -0.496 e. The highest BCUT2D eigenvalue weighted by atomic mass is 16.5. The van der Waals surface area contributed by atoms with Gasteiger partial charge in [-0.1, -0.05) is 26.8 Å². The Bertz CT molecular complexity index is 415. The molecule has 0 spiro atoms. The summed E-state index contributed by atoms with van der Waals surface area (Å²) >= 11 is 0. The number of hydrogen-bond acceptors (Lipinski definition) is 2. The summed E-state index contributed by atoms with van der Waals surface area (Å²) in [6.45, 7) is 9.20. The first-order chi connectivity index (χ1) is 8.03. The zero-order chi connectivity index (χ0) is 12.6. The van der Waals surface area contributed by atoms with Crippen LogP contribution in [-0.4, -0.2) is 12.6 Å². The molecule has 0 saturated carbocycles. The van der Waals surface area contributed by atoms with E-state index in [-0.39, 0.29) is 5.54 Å². The Balaban J connectivity index is 2.52. The van der Waals surface area contributed by atoms with Crippen LogP contribution in [0.3, 0.4) is 0 Å². The molecule has 0 saturated heterocycles. The van der Waals surface area contributed by atoms with Crippen molar-refractivity contribution in [1.82, 2.24) is 0 Å². The zero-order valence-corrected chi connectivity index (χ0v) is 11.5. The highest BCUT2D eigenvalue weighted by Crippen LogP contribution is 2.47. The van der Waals surface area contributed by atoms with E-state index in [9.17, 15) is 0 Å². The average molecular weight is 233 g/mol. The maximum absolute atomic E-state index is 5.49. The van der Waals surface area contributed by atoms with Gasteiger partial charge in [0, 0.05) is 16.8 Å². The van der Waals surface area contributed by atoms with E-state index in [4.69, 9.17) is 4.74 Å². The van der Waals surface area contributed by atoms with E-state index in [0.717, 1.165) is 12.2 Å². The van der Waals surface area contributed by atoms with Crippen LogP contribution in [0.1, 0.15) is 45.6 Å². The quantitative estimate of drug-likeness (QED) is 0.832. The Labute approximate surface area is 104 Å². The van der Waals surface area contributed by atoms with Gasteiger partial charge in [-0.2, -0.15) is 0 Å². The summed E-state index contributed by atoms with van der Waals surface area (Å²) in [5.74, 6) is 2.12. The van der Waals surface area contributed by atoms with Gasteiger partial charge in [-0.15, -0.1) is 0 Å². The first kappa shape index (κ1) is 12.3. The molecule has 1 aromatic rings. The Kier molecular flexibility index (Phi) is 3.07. The molecule has 2 rings (SSSR count). The molecule has 1 N–H and O–H groups in total. The summed E-state index contributed by atoms with van der Waals surface area (Å²) in [6.07, 6.45) is 1.13. The van der Waals surface area contributed by atoms with Gasteiger partial charge in [-0.25, -0.2) is 0 Å². The molecule has 1 aliphatic heterocycles. The first-order valence-corrected chi connectivity index (χ1v) is 6.48. The molecule has 1 heterocycles. The molecule has 0 radical (unpaired) electrons. The van der Waals surface area contributed by atoms with Crippen molar-refractivity contribution in [2.45, 2.75) is 45.6 Å². The van der Waals surface area contributed by atoms with Crippen LogP contribution in [0.4, 0.5) is 5.69 Å². The second-order valence-electron chi connectivity index (χ2n) is 5.39. The highest BCUT2D eigenvalue weighted by Gasteiger charge is 2.39. The second kappa shape index (κ2) is 4.25. The largest absolute Gasteiger partial charge is 0.496 e. The molecule has 1 aromatic carbocycles. The van der Waals surface area contributed by atoms with E-state index in [2.05, 4.69) is 51.2 Å². The van der Waals surface area contributed by atoms with Crippen molar-refractivity contribution in [3.63, 3.8) is 0 Å². The van der Waals surface area contributed by atoms with Crippen molar-refractivity contribution in [3.8, 4) is 5.75 Å². The molecule has 0 fully saturated rings. The Hall–Kier alpha value is -1.18. The number of nitrogens with one attached hydrogen (secondary N) is 1. The van der Waals surface area contributed by atoms with Gasteiger partial charge < -0.3 is 10.1 Å². The van der Waals surface area contributed by atoms with Gasteiger partial charge in [0.05, 0.1) is 7.11 Å². The second-order valence-corrected chi connectivity index (χ2v) is 5.39. The minimum atomic E-state index is 0.179. The standard InChI is InChI=1S/C15H23NO/c1-6-15(4)11(3)10(2)14-12(16-15)8-7-9-13(14)17-5/h7-11,16H,6H2,1-5H3. The Morgan fingerprint density at radius 3 is 2.65 bits per heavy atom. The van der Waals surface area contributed by atoms with E-state index in [0.29, 0.717) is 11.8 Å². The monoisotopic (exact) mass is 233 g/mol. The van der Waals surface area contributed by atoms with E-state index < -0.39 is 0 Å². The lowest BCUT2D eigenvalue weighted by molar-refractivity contribution is 0.278. The minimum absolute atomic E-state index is 0.179. The Morgan fingerprint density at radius 2 is 2.06 bits per heavy atom. The number of hydrogen-bond donors (Lipinski definition) is 1. The average Bonchev–Trinajstić information content (AvgIpc) is 2.35. The number of rotatable bonds is 2. The van der Waals surface area contributed by atoms with E-state index in [1.54, 1.807) is 7.11 Å². The van der Waals surface area contributed by atoms with Crippen LogP contribution in [0.25, 0.3) is 0 Å². The third-order valence-electron chi connectivity index (χ3n) is 4.65. The number of fused-ring (bicyclic) bond motifs is 1. The number of benzene rings is 1. The molecule has 3 unspecified atom stereocenters. The zero-order valence-electron chi connectivity index (χ0n) is 11.5. The van der Waals surface area contributed by atoms with Crippen LogP contribution in [0.5, 0.6) is 5.75 Å². The molecule has 2 heteroatoms. The van der Waals surface area contributed by atoms with Gasteiger partial charge in [-0.3, -0.25) is 0 Å². The van der Waals surface area contributed by atoms with E-state index in [1.165, 1.54) is 11.3 Å². The van der Waals surface area contributed by atoms with E-state index in [1.807, 2.05) is 0 Å². The topological polar surface area (TPSA) is 21.3 Å². The number of ether oxygens (including phenoxy) is 1. The van der Waals surface area contributed by atoms with Crippen molar-refractivity contribution in [2.24, 2.45) is 5.92 Å². The van der Waals surface area contributed by atoms with Crippen LogP contribution in [0, 0.1) is 5.92 Å². The lowest BCUT2D eigenvalue weighted by Gasteiger charge is -2.45. The molecular weight excluding hydrogens is 210 g/mol. The maximum Gasteiger partial charge on any atom is 0.124 e. The first-order valence-electron chi connectivity index (χ1n) is 6.48. The summed E-state index contributed by atoms with van der Waals surface area (Å²) in [7, 11) is 1.75. The lowest BCUT2D eigenvalue weighted by atomic mass is 9.70. The fourth-order valence-electron chi connectivity index (χ4n) is 2.93. The molecule has 0 aliphatic carbocycles. The summed E-state index contributed by atoms with van der Waals surface area (Å²) in [6, 6.07) is 6.27. The molecule has 0 bridgehead atoms. The number of methoxy groups -OCH3 is 1. The van der Waals surface area contributed by atoms with Gasteiger partial charge in [0.2, 0.25) is 0 Å². The molecule has 17 heavy (non-hydrogen) atoms. The lowest BCUT2D eigenvalue weighted by Crippen LogP contribution is -2.46. The molecule has 2 nitrogen and oxygen atoms in total. The SMILES string of the molecule is CCC1(C)Nc2cccc(OC)c2C(C)C1C. The van der Waals surface area contributed by atoms with Crippen LogP contribution >= 0.6 is 0 Å². The molecule has 0 aromatic heterocycles. The van der Waals surface area contributed by atoms with Crippen LogP contribution in [0.2, 0.25) is 0 Å². The predicted octanol–water partition coefficient (Wildman–Crippen LogP) is 4.03. The Morgan fingerprint density at radius 1 is 1.35 bits per heavy atom. The van der Waals surface area contributed by atoms with Crippen LogP contribution < -0.4 is 10.1 Å². The van der Waals surface area contributed by atoms with Crippen molar-refractivity contribution >= 4 is 5.69 Å². The predicted molar refractivity (Wildman–Crippen MR) is 72.9 cm³/mol. The summed E-state index contributed by atoms with van der Waals surface area (Å²) < 4.78 is 5.49. The van der Waals surface area contributed by atoms with Crippen molar-refractivity contribution < 1.29 is 4.74 Å². The van der Waals surface area contributed by atoms with Crippen molar-refractivity contribution in [2.75, 3.05) is 12.4 Å². The maximum atomic E-state index is 5.49. The third kappa shape index (κ3) is 1.80. The van der Waals surface area contributed by atoms with Crippen molar-refractivity contribution in [3.05, 3.63) is 23.8 Å². The molecule has 1 aliphatic rings. The van der Waals surface area contributed by atoms with Gasteiger partial charge in [0.25, 0.3) is 0 Å². The smallest absolute Gasteiger partial charge is 0.124 e. The van der Waals surface area contributed by atoms with Crippen LogP contribution in [0.15, 0.2) is 18.2 Å². The fraction of sp³-hybridized carbons (Fsp3) is 0.600. The normalized spacial score (nSPS) is 31.6. The fourth-order valence-corrected chi connectivity index (χ4v) is 2.93. The van der Waals surface area contributed by atoms with Crippen molar-refractivity contribution in [1.29, 1.82) is 0 Å². The van der Waals surface area contributed by atoms with Crippen LogP contribution in [-0.2, 0) is 0 Å². The molecule has 94 valence electrons. The molecule has 3 atom stereocenters. The van der Waals surface area contributed by atoms with Gasteiger partial charge in [0.1, 0.15) is 5.75 Å². The number of anilines is 1. The van der Waals surface area contributed by atoms with Gasteiger partial charge in [-0.05, 0) is 37.3 Å². The summed E-state index contributed by atoms with van der Waals surface area (Å²) in [4.78, 5) is 0. The molecule has 0 amide bonds. The van der Waals surface area contributed by atoms with Gasteiger partial charge in [0.15, 0.2) is 0 Å². The summed E-state index contributed by atoms with van der Waals surface area (Å²) in [5, 5.41) is 3.70. The highest BCUT2D eigenvalue weighted by molar-refractivity contribution is 5.63. The molecular formula is C15H23NO. The van der Waals surface area contributed by atoms with Gasteiger partial charge >= 0.3 is 0 Å². The third-order valence-corrected chi connectivity index (χ3v) is 4.65. The van der Waals surface area contributed by atoms with E-state index >= 15 is 0 Å². The summed E-state index contributed by atoms with van der Waals surface area (Å²) in [5.41, 5.74) is 2.74.